The maximum absolute atomic E-state index is 12.2. The Morgan fingerprint density at radius 3 is 1.90 bits per heavy atom. The Bertz CT molecular complexity index is 290. The van der Waals surface area contributed by atoms with E-state index in [1.807, 2.05) is 13.8 Å². The summed E-state index contributed by atoms with van der Waals surface area (Å²) >= 11 is 0. The van der Waals surface area contributed by atoms with Crippen molar-refractivity contribution in [3.63, 3.8) is 0 Å². The number of hydrogen-bond acceptors (Lipinski definition) is 2. The topological polar surface area (TPSA) is 26.3 Å². The minimum absolute atomic E-state index is 0.0602. The summed E-state index contributed by atoms with van der Waals surface area (Å²) in [7, 11) is 2.30. The molecule has 0 N–H and O–H groups in total. The Morgan fingerprint density at radius 2 is 1.52 bits per heavy atom. The zero-order valence-corrected chi connectivity index (χ0v) is 15.5. The molecule has 0 aromatic heterocycles. The van der Waals surface area contributed by atoms with Crippen LogP contribution in [0.2, 0.25) is 0 Å². The molecule has 0 bridgehead atoms. The first-order valence-electron chi connectivity index (χ1n) is 8.70. The number of carbonyl (C=O) groups excluding carboxylic acids is 1. The van der Waals surface area contributed by atoms with Gasteiger partial charge in [-0.05, 0) is 32.6 Å². The predicted molar refractivity (Wildman–Crippen MR) is 90.2 cm³/mol. The minimum atomic E-state index is -0.393. The van der Waals surface area contributed by atoms with Crippen LogP contribution in [-0.2, 0) is 9.53 Å². The third-order valence-electron chi connectivity index (χ3n) is 4.94. The Balaban J connectivity index is 4.39. The van der Waals surface area contributed by atoms with E-state index >= 15 is 0 Å². The van der Waals surface area contributed by atoms with Gasteiger partial charge in [-0.25, -0.2) is 0 Å². The summed E-state index contributed by atoms with van der Waals surface area (Å²) in [4.78, 5) is 12.2. The van der Waals surface area contributed by atoms with Crippen LogP contribution in [0.1, 0.15) is 67.2 Å². The Morgan fingerprint density at radius 1 is 1.05 bits per heavy atom. The number of unbranched alkanes of at least 4 members (excludes halogenated alkanes) is 2. The summed E-state index contributed by atoms with van der Waals surface area (Å²) in [5.74, 6) is 0.237. The summed E-state index contributed by atoms with van der Waals surface area (Å²) in [6, 6.07) is 0. The lowest BCUT2D eigenvalue weighted by Crippen LogP contribution is -2.48. The van der Waals surface area contributed by atoms with Gasteiger partial charge in [0.2, 0.25) is 0 Å². The molecular formula is C18H38NO2+. The largest absolute Gasteiger partial charge is 0.459 e. The number of quaternary nitrogens is 1. The normalized spacial score (nSPS) is 12.8. The van der Waals surface area contributed by atoms with Gasteiger partial charge in [0.1, 0.15) is 13.2 Å². The zero-order chi connectivity index (χ0) is 16.5. The van der Waals surface area contributed by atoms with Crippen LogP contribution in [0.4, 0.5) is 0 Å². The van der Waals surface area contributed by atoms with Gasteiger partial charge in [0.05, 0.1) is 25.6 Å². The van der Waals surface area contributed by atoms with Gasteiger partial charge < -0.3 is 9.22 Å². The highest BCUT2D eigenvalue weighted by atomic mass is 16.5. The molecule has 0 aliphatic rings. The monoisotopic (exact) mass is 300 g/mol. The molecule has 0 saturated carbocycles. The quantitative estimate of drug-likeness (QED) is 0.421. The maximum Gasteiger partial charge on any atom is 0.311 e. The third-order valence-corrected chi connectivity index (χ3v) is 4.94. The lowest BCUT2D eigenvalue weighted by atomic mass is 9.81. The van der Waals surface area contributed by atoms with Crippen molar-refractivity contribution in [1.29, 1.82) is 0 Å². The van der Waals surface area contributed by atoms with E-state index in [2.05, 4.69) is 34.7 Å². The van der Waals surface area contributed by atoms with Crippen LogP contribution < -0.4 is 0 Å². The fraction of sp³-hybridized carbons (Fsp3) is 0.944. The number of esters is 1. The first kappa shape index (κ1) is 20.4. The van der Waals surface area contributed by atoms with Gasteiger partial charge in [0.15, 0.2) is 0 Å². The zero-order valence-electron chi connectivity index (χ0n) is 15.5. The van der Waals surface area contributed by atoms with E-state index in [-0.39, 0.29) is 5.97 Å². The number of rotatable bonds is 11. The summed E-state index contributed by atoms with van der Waals surface area (Å²) in [6.45, 7) is 16.4. The highest BCUT2D eigenvalue weighted by Gasteiger charge is 2.33. The van der Waals surface area contributed by atoms with Gasteiger partial charge in [-0.15, -0.1) is 0 Å². The van der Waals surface area contributed by atoms with E-state index in [9.17, 15) is 4.79 Å². The molecule has 0 heterocycles. The molecule has 0 amide bonds. The van der Waals surface area contributed by atoms with Gasteiger partial charge in [-0.2, -0.15) is 0 Å². The second-order valence-corrected chi connectivity index (χ2v) is 7.51. The van der Waals surface area contributed by atoms with Crippen molar-refractivity contribution in [2.45, 2.75) is 67.2 Å². The Hall–Kier alpha value is -0.570. The van der Waals surface area contributed by atoms with Crippen LogP contribution in [-0.4, -0.2) is 43.7 Å². The molecule has 0 unspecified atom stereocenters. The SMILES string of the molecule is CCCC[N+](C)(CCCC)CCOC(=O)C(C)(C)C(C)C. The van der Waals surface area contributed by atoms with E-state index in [0.717, 1.165) is 11.0 Å². The van der Waals surface area contributed by atoms with Crippen molar-refractivity contribution in [1.82, 2.24) is 0 Å². The summed E-state index contributed by atoms with van der Waals surface area (Å²) in [5.41, 5.74) is -0.393. The van der Waals surface area contributed by atoms with Crippen molar-refractivity contribution in [2.75, 3.05) is 33.3 Å². The van der Waals surface area contributed by atoms with Gasteiger partial charge >= 0.3 is 5.97 Å². The number of likely N-dealkylation sites (N-methyl/N-ethyl adjacent to an activating group) is 1. The standard InChI is InChI=1S/C18H38NO2/c1-8-10-12-19(7,13-11-9-2)14-15-21-17(20)18(5,6)16(3)4/h16H,8-15H2,1-7H3/q+1. The first-order chi connectivity index (χ1) is 9.69. The molecule has 0 radical (unpaired) electrons. The van der Waals surface area contributed by atoms with E-state index in [4.69, 9.17) is 4.74 Å². The summed E-state index contributed by atoms with van der Waals surface area (Å²) in [6.07, 6.45) is 4.93. The van der Waals surface area contributed by atoms with Gasteiger partial charge in [0.25, 0.3) is 0 Å². The molecular weight excluding hydrogens is 262 g/mol. The first-order valence-corrected chi connectivity index (χ1v) is 8.70. The Labute approximate surface area is 132 Å². The molecule has 0 spiro atoms. The molecule has 0 fully saturated rings. The molecule has 0 saturated heterocycles. The number of ether oxygens (including phenoxy) is 1. The molecule has 21 heavy (non-hydrogen) atoms. The van der Waals surface area contributed by atoms with Crippen molar-refractivity contribution >= 4 is 5.97 Å². The lowest BCUT2D eigenvalue weighted by Gasteiger charge is -2.35. The van der Waals surface area contributed by atoms with E-state index < -0.39 is 5.41 Å². The van der Waals surface area contributed by atoms with Crippen LogP contribution in [0.25, 0.3) is 0 Å². The van der Waals surface area contributed by atoms with Crippen LogP contribution in [0.5, 0.6) is 0 Å². The van der Waals surface area contributed by atoms with Crippen molar-refractivity contribution in [2.24, 2.45) is 11.3 Å². The second-order valence-electron chi connectivity index (χ2n) is 7.51. The third kappa shape index (κ3) is 7.30. The smallest absolute Gasteiger partial charge is 0.311 e. The van der Waals surface area contributed by atoms with Crippen LogP contribution >= 0.6 is 0 Å². The van der Waals surface area contributed by atoms with E-state index in [1.54, 1.807) is 0 Å². The highest BCUT2D eigenvalue weighted by Crippen LogP contribution is 2.27. The van der Waals surface area contributed by atoms with E-state index in [1.165, 1.54) is 38.8 Å². The average molecular weight is 301 g/mol. The predicted octanol–water partition coefficient (Wildman–Crippen LogP) is 4.26. The average Bonchev–Trinajstić information content (AvgIpc) is 2.42. The molecule has 0 atom stereocenters. The number of nitrogens with zero attached hydrogens (tertiary/aromatic N) is 1. The second kappa shape index (κ2) is 9.45. The maximum atomic E-state index is 12.2. The van der Waals surface area contributed by atoms with Crippen molar-refractivity contribution < 1.29 is 14.0 Å². The van der Waals surface area contributed by atoms with Crippen molar-refractivity contribution in [3.05, 3.63) is 0 Å². The van der Waals surface area contributed by atoms with E-state index in [0.29, 0.717) is 12.5 Å². The molecule has 0 rings (SSSR count). The molecule has 0 aromatic carbocycles. The van der Waals surface area contributed by atoms with Gasteiger partial charge in [-0.1, -0.05) is 40.5 Å². The minimum Gasteiger partial charge on any atom is -0.459 e. The van der Waals surface area contributed by atoms with Crippen LogP contribution in [0.15, 0.2) is 0 Å². The summed E-state index contributed by atoms with van der Waals surface area (Å²) < 4.78 is 6.59. The van der Waals surface area contributed by atoms with Crippen LogP contribution in [0, 0.1) is 11.3 Å². The van der Waals surface area contributed by atoms with Crippen LogP contribution in [0.3, 0.4) is 0 Å². The van der Waals surface area contributed by atoms with Crippen molar-refractivity contribution in [3.8, 4) is 0 Å². The van der Waals surface area contributed by atoms with Gasteiger partial charge in [0, 0.05) is 0 Å². The molecule has 0 aliphatic carbocycles. The lowest BCUT2D eigenvalue weighted by molar-refractivity contribution is -0.910. The van der Waals surface area contributed by atoms with Gasteiger partial charge in [-0.3, -0.25) is 4.79 Å². The molecule has 3 heteroatoms. The molecule has 126 valence electrons. The number of hydrogen-bond donors (Lipinski definition) is 0. The highest BCUT2D eigenvalue weighted by molar-refractivity contribution is 5.76. The molecule has 0 aliphatic heterocycles. The summed E-state index contributed by atoms with van der Waals surface area (Å²) in [5, 5.41) is 0. The molecule has 3 nitrogen and oxygen atoms in total. The number of carbonyl (C=O) groups is 1. The molecule has 0 aromatic rings. The Kier molecular flexibility index (Phi) is 9.19. The fourth-order valence-corrected chi connectivity index (χ4v) is 2.20. The fourth-order valence-electron chi connectivity index (χ4n) is 2.20.